The maximum atomic E-state index is 12.8. The Bertz CT molecular complexity index is 1050. The second-order valence-corrected chi connectivity index (χ2v) is 7.70. The van der Waals surface area contributed by atoms with Gasteiger partial charge in [0.25, 0.3) is 5.91 Å². The lowest BCUT2D eigenvalue weighted by atomic mass is 9.85. The number of rotatable bonds is 3. The van der Waals surface area contributed by atoms with Crippen LogP contribution in [0.1, 0.15) is 29.2 Å². The molecule has 7 nitrogen and oxygen atoms in total. The maximum Gasteiger partial charge on any atom is 0.274 e. The molecule has 2 aliphatic rings. The fourth-order valence-electron chi connectivity index (χ4n) is 4.66. The van der Waals surface area contributed by atoms with Gasteiger partial charge in [-0.15, -0.1) is 0 Å². The Balaban J connectivity index is 1.45. The van der Waals surface area contributed by atoms with E-state index in [1.54, 1.807) is 24.1 Å². The summed E-state index contributed by atoms with van der Waals surface area (Å²) in [5.74, 6) is 1.95. The third kappa shape index (κ3) is 2.46. The van der Waals surface area contributed by atoms with E-state index in [4.69, 9.17) is 9.72 Å². The molecule has 1 fully saturated rings. The smallest absolute Gasteiger partial charge is 0.274 e. The zero-order chi connectivity index (χ0) is 19.3. The van der Waals surface area contributed by atoms with Crippen molar-refractivity contribution in [3.8, 4) is 17.0 Å². The van der Waals surface area contributed by atoms with Gasteiger partial charge in [-0.2, -0.15) is 5.10 Å². The summed E-state index contributed by atoms with van der Waals surface area (Å²) in [5, 5.41) is 4.27. The molecule has 1 aromatic carbocycles. The van der Waals surface area contributed by atoms with Gasteiger partial charge in [0, 0.05) is 43.9 Å². The summed E-state index contributed by atoms with van der Waals surface area (Å²) in [7, 11) is 3.52. The third-order valence-electron chi connectivity index (χ3n) is 6.10. The maximum absolute atomic E-state index is 12.8. The normalized spacial score (nSPS) is 20.7. The van der Waals surface area contributed by atoms with Crippen molar-refractivity contribution < 1.29 is 9.53 Å². The molecular weight excluding hydrogens is 354 g/mol. The van der Waals surface area contributed by atoms with Crippen LogP contribution in [-0.4, -0.2) is 50.3 Å². The molecule has 2 aliphatic heterocycles. The largest absolute Gasteiger partial charge is 0.496 e. The van der Waals surface area contributed by atoms with Crippen LogP contribution in [0.3, 0.4) is 0 Å². The van der Waals surface area contributed by atoms with Crippen molar-refractivity contribution in [1.82, 2.24) is 24.2 Å². The predicted molar refractivity (Wildman–Crippen MR) is 104 cm³/mol. The van der Waals surface area contributed by atoms with Crippen LogP contribution < -0.4 is 4.74 Å². The number of carbonyl (C=O) groups is 1. The summed E-state index contributed by atoms with van der Waals surface area (Å²) >= 11 is 0. The van der Waals surface area contributed by atoms with Gasteiger partial charge in [0.2, 0.25) is 0 Å². The lowest BCUT2D eigenvalue weighted by molar-refractivity contribution is 0.0776. The average molecular weight is 377 g/mol. The van der Waals surface area contributed by atoms with E-state index in [0.717, 1.165) is 48.8 Å². The summed E-state index contributed by atoms with van der Waals surface area (Å²) in [6, 6.07) is 9.82. The fraction of sp³-hybridized carbons (Fsp3) is 0.381. The van der Waals surface area contributed by atoms with Crippen LogP contribution in [0.5, 0.6) is 5.75 Å². The minimum Gasteiger partial charge on any atom is -0.496 e. The molecule has 0 N–H and O–H groups in total. The minimum absolute atomic E-state index is 0.00688. The number of aromatic nitrogens is 4. The van der Waals surface area contributed by atoms with Crippen molar-refractivity contribution in [2.45, 2.75) is 24.8 Å². The van der Waals surface area contributed by atoms with Crippen molar-refractivity contribution in [3.05, 3.63) is 54.2 Å². The highest BCUT2D eigenvalue weighted by molar-refractivity contribution is 5.92. The summed E-state index contributed by atoms with van der Waals surface area (Å²) in [5.41, 5.74) is 2.58. The Morgan fingerprint density at radius 2 is 2.00 bits per heavy atom. The van der Waals surface area contributed by atoms with Crippen LogP contribution >= 0.6 is 0 Å². The van der Waals surface area contributed by atoms with E-state index in [1.165, 1.54) is 0 Å². The van der Waals surface area contributed by atoms with Gasteiger partial charge in [-0.3, -0.25) is 9.48 Å². The number of nitrogens with zero attached hydrogens (tertiary/aromatic N) is 5. The molecule has 1 saturated heterocycles. The first kappa shape index (κ1) is 17.0. The Morgan fingerprint density at radius 3 is 2.79 bits per heavy atom. The van der Waals surface area contributed by atoms with E-state index >= 15 is 0 Å². The highest BCUT2D eigenvalue weighted by atomic mass is 16.5. The van der Waals surface area contributed by atoms with E-state index in [1.807, 2.05) is 36.3 Å². The van der Waals surface area contributed by atoms with E-state index in [-0.39, 0.29) is 11.3 Å². The molecule has 7 heteroatoms. The van der Waals surface area contributed by atoms with Gasteiger partial charge in [-0.05, 0) is 31.0 Å². The number of ether oxygens (including phenoxy) is 1. The number of carbonyl (C=O) groups excluding carboxylic acids is 1. The van der Waals surface area contributed by atoms with Crippen LogP contribution in [0.4, 0.5) is 0 Å². The molecule has 0 radical (unpaired) electrons. The van der Waals surface area contributed by atoms with Crippen molar-refractivity contribution in [2.75, 3.05) is 20.2 Å². The van der Waals surface area contributed by atoms with Gasteiger partial charge < -0.3 is 14.2 Å². The Hall–Kier alpha value is -3.09. The van der Waals surface area contributed by atoms with Crippen LogP contribution in [-0.2, 0) is 19.0 Å². The lowest BCUT2D eigenvalue weighted by Crippen LogP contribution is -2.34. The van der Waals surface area contributed by atoms with Crippen molar-refractivity contribution in [3.63, 3.8) is 0 Å². The first-order chi connectivity index (χ1) is 13.6. The van der Waals surface area contributed by atoms with Crippen molar-refractivity contribution in [1.29, 1.82) is 0 Å². The second-order valence-electron chi connectivity index (χ2n) is 7.70. The Kier molecular flexibility index (Phi) is 3.79. The van der Waals surface area contributed by atoms with Gasteiger partial charge in [0.05, 0.1) is 19.0 Å². The highest BCUT2D eigenvalue weighted by Gasteiger charge is 2.48. The predicted octanol–water partition coefficient (Wildman–Crippen LogP) is 2.48. The van der Waals surface area contributed by atoms with Crippen LogP contribution in [0.15, 0.2) is 42.7 Å². The van der Waals surface area contributed by atoms with Crippen molar-refractivity contribution >= 4 is 5.91 Å². The van der Waals surface area contributed by atoms with Gasteiger partial charge in [0.1, 0.15) is 17.3 Å². The number of likely N-dealkylation sites (tertiary alicyclic amines) is 1. The number of methoxy groups -OCH3 is 1. The summed E-state index contributed by atoms with van der Waals surface area (Å²) in [6.45, 7) is 2.35. The van der Waals surface area contributed by atoms with E-state index < -0.39 is 0 Å². The summed E-state index contributed by atoms with van der Waals surface area (Å²) < 4.78 is 9.51. The average Bonchev–Trinajstić information content (AvgIpc) is 3.48. The van der Waals surface area contributed by atoms with Gasteiger partial charge in [0.15, 0.2) is 0 Å². The molecule has 0 bridgehead atoms. The van der Waals surface area contributed by atoms with E-state index in [9.17, 15) is 4.79 Å². The standard InChI is InChI=1S/C21H23N5O2/c1-24-10-7-16(23-24)19(27)25-11-8-21(14-25)9-12-26-17(13-22-20(21)26)15-5-3-4-6-18(15)28-2/h3-7,10,13H,8-9,11-12,14H2,1-2H3. The molecule has 144 valence electrons. The zero-order valence-corrected chi connectivity index (χ0v) is 16.1. The molecule has 3 aromatic rings. The molecule has 28 heavy (non-hydrogen) atoms. The zero-order valence-electron chi connectivity index (χ0n) is 16.1. The summed E-state index contributed by atoms with van der Waals surface area (Å²) in [6.07, 6.45) is 5.69. The lowest BCUT2D eigenvalue weighted by Gasteiger charge is -2.22. The molecule has 0 aliphatic carbocycles. The second kappa shape index (κ2) is 6.22. The third-order valence-corrected chi connectivity index (χ3v) is 6.10. The number of para-hydroxylation sites is 1. The van der Waals surface area contributed by atoms with Crippen LogP contribution in [0.2, 0.25) is 0 Å². The SMILES string of the molecule is COc1ccccc1-c1cnc2n1CCC21CCN(C(=O)c2ccn(C)n2)C1. The number of imidazole rings is 1. The number of hydrogen-bond donors (Lipinski definition) is 0. The summed E-state index contributed by atoms with van der Waals surface area (Å²) in [4.78, 5) is 19.6. The van der Waals surface area contributed by atoms with Gasteiger partial charge in [-0.25, -0.2) is 4.98 Å². The minimum atomic E-state index is -0.0648. The Labute approximate surface area is 163 Å². The molecule has 1 unspecified atom stereocenters. The molecule has 1 spiro atoms. The number of fused-ring (bicyclic) bond motifs is 2. The van der Waals surface area contributed by atoms with E-state index in [2.05, 4.69) is 15.7 Å². The molecule has 0 saturated carbocycles. The first-order valence-electron chi connectivity index (χ1n) is 9.60. The molecule has 1 amide bonds. The molecule has 2 aromatic heterocycles. The first-order valence-corrected chi connectivity index (χ1v) is 9.60. The molecule has 1 atom stereocenters. The highest BCUT2D eigenvalue weighted by Crippen LogP contribution is 2.45. The van der Waals surface area contributed by atoms with E-state index in [0.29, 0.717) is 12.2 Å². The monoisotopic (exact) mass is 377 g/mol. The molecular formula is C21H23N5O2. The molecule has 5 rings (SSSR count). The molecule has 4 heterocycles. The van der Waals surface area contributed by atoms with Gasteiger partial charge in [-0.1, -0.05) is 12.1 Å². The number of amides is 1. The Morgan fingerprint density at radius 1 is 1.18 bits per heavy atom. The quantitative estimate of drug-likeness (QED) is 0.703. The fourth-order valence-corrected chi connectivity index (χ4v) is 4.66. The van der Waals surface area contributed by atoms with Crippen LogP contribution in [0.25, 0.3) is 11.3 Å². The van der Waals surface area contributed by atoms with Crippen molar-refractivity contribution in [2.24, 2.45) is 7.05 Å². The van der Waals surface area contributed by atoms with Crippen LogP contribution in [0, 0.1) is 0 Å². The number of benzene rings is 1. The number of aryl methyl sites for hydroxylation is 1. The van der Waals surface area contributed by atoms with Gasteiger partial charge >= 0.3 is 0 Å². The number of hydrogen-bond acceptors (Lipinski definition) is 4. The topological polar surface area (TPSA) is 65.2 Å².